The monoisotopic (exact) mass is 1650 g/mol. The summed E-state index contributed by atoms with van der Waals surface area (Å²) in [6.45, 7) is 0. The number of hydrogen-bond donors (Lipinski definition) is 0. The van der Waals surface area contributed by atoms with E-state index in [-0.39, 0.29) is 14.9 Å². The third kappa shape index (κ3) is 14.1. The lowest BCUT2D eigenvalue weighted by atomic mass is 9.94. The van der Waals surface area contributed by atoms with Gasteiger partial charge in [0.25, 0.3) is 0 Å². The fourth-order valence-corrected chi connectivity index (χ4v) is 20.3. The van der Waals surface area contributed by atoms with Crippen LogP contribution in [0.15, 0.2) is 437 Å². The summed E-state index contributed by atoms with van der Waals surface area (Å²) >= 11 is 3.74. The average Bonchev–Trinajstić information content (AvgIpc) is 1.58. The molecule has 0 amide bonds. The summed E-state index contributed by atoms with van der Waals surface area (Å²) in [5, 5.41) is 10.0. The van der Waals surface area contributed by atoms with Crippen LogP contribution in [0.1, 0.15) is 14.9 Å². The number of para-hydroxylation sites is 2. The Hall–Kier alpha value is -16.0. The van der Waals surface area contributed by atoms with Crippen LogP contribution in [0.4, 0.5) is 0 Å². The molecular formula is C116H80N8S2. The van der Waals surface area contributed by atoms with Gasteiger partial charge in [0.05, 0.1) is 22.1 Å². The van der Waals surface area contributed by atoms with Gasteiger partial charge in [-0.3, -0.25) is 0 Å². The van der Waals surface area contributed by atoms with Crippen molar-refractivity contribution in [3.63, 3.8) is 0 Å². The standard InChI is InChI=1S/2C57H36N4S.2CH4/c1-4-16-37(17-5-1)40-22-14-23-41(34-40)50-36-43(31-33-49(50)57-59-55(38-18-6-2-7-19-38)58-56(60-57)39-20-8-3-9-21-39)61-51-28-12-10-24-45(51)46-32-30-42(35-52(46)61)44-26-15-27-48-47-25-11-13-29-53(47)62-54(44)48;1-4-15-37(16-5-1)38-27-29-39(30-28-38)50-36-43(32-34-49(50)57-59-55(40-17-6-2-7-18-40)58-56(60-57)41-19-8-3-9-20-41)61-51-25-12-10-21-45(51)46-33-31-42(35-52(46)61)44-23-14-24-48-47-22-11-13-26-53(47)62-54(44)48;;/h2*1-36H;2*1H4. The molecule has 6 aromatic heterocycles. The van der Waals surface area contributed by atoms with E-state index in [1.807, 2.05) is 95.5 Å². The summed E-state index contributed by atoms with van der Waals surface area (Å²) in [6.07, 6.45) is 0. The second-order valence-electron chi connectivity index (χ2n) is 31.2. The molecule has 24 rings (SSSR count). The molecule has 0 aliphatic rings. The lowest BCUT2D eigenvalue weighted by Crippen LogP contribution is -2.02. The van der Waals surface area contributed by atoms with E-state index in [9.17, 15) is 0 Å². The van der Waals surface area contributed by atoms with Crippen LogP contribution in [0.2, 0.25) is 0 Å². The highest BCUT2D eigenvalue weighted by Crippen LogP contribution is 2.47. The van der Waals surface area contributed by atoms with Gasteiger partial charge in [-0.15, -0.1) is 22.7 Å². The molecule has 0 spiro atoms. The van der Waals surface area contributed by atoms with Gasteiger partial charge in [-0.25, -0.2) is 29.9 Å². The molecule has 0 aliphatic heterocycles. The van der Waals surface area contributed by atoms with Crippen molar-refractivity contribution in [2.75, 3.05) is 0 Å². The first-order valence-corrected chi connectivity index (χ1v) is 43.3. The molecule has 8 nitrogen and oxygen atoms in total. The molecule has 0 saturated heterocycles. The van der Waals surface area contributed by atoms with E-state index in [0.717, 1.165) is 106 Å². The molecule has 0 unspecified atom stereocenters. The molecule has 0 N–H and O–H groups in total. The van der Waals surface area contributed by atoms with Crippen molar-refractivity contribution >= 4 is 107 Å². The van der Waals surface area contributed by atoms with Gasteiger partial charge in [0.2, 0.25) is 0 Å². The van der Waals surface area contributed by atoms with Crippen molar-refractivity contribution in [3.8, 4) is 146 Å². The van der Waals surface area contributed by atoms with Crippen LogP contribution in [0.25, 0.3) is 230 Å². The summed E-state index contributed by atoms with van der Waals surface area (Å²) in [6, 6.07) is 155. The fourth-order valence-electron chi connectivity index (χ4n) is 17.8. The van der Waals surface area contributed by atoms with Crippen molar-refractivity contribution < 1.29 is 0 Å². The van der Waals surface area contributed by atoms with Gasteiger partial charge in [0.15, 0.2) is 34.9 Å². The SMILES string of the molecule is C.C.c1ccc(-c2ccc(-c3cc(-n4c5ccccc5c5ccc(-c6cccc7c6sc6ccccc67)cc54)ccc3-c3nc(-c4ccccc4)nc(-c4ccccc4)n3)cc2)cc1.c1ccc(-c2cccc(-c3cc(-n4c5ccccc5c5ccc(-c6cccc7c6sc6ccccc67)cc54)ccc3-c3nc(-c4ccccc4)nc(-c4ccccc4)n3)c2)cc1. The number of fused-ring (bicyclic) bond motifs is 12. The number of thiophene rings is 2. The van der Waals surface area contributed by atoms with Gasteiger partial charge in [0, 0.05) is 107 Å². The Labute approximate surface area is 738 Å². The van der Waals surface area contributed by atoms with Crippen molar-refractivity contribution in [1.29, 1.82) is 0 Å². The van der Waals surface area contributed by atoms with Crippen molar-refractivity contribution in [2.24, 2.45) is 0 Å². The summed E-state index contributed by atoms with van der Waals surface area (Å²) in [7, 11) is 0. The molecule has 0 aliphatic carbocycles. The first-order chi connectivity index (χ1) is 61.5. The van der Waals surface area contributed by atoms with Crippen LogP contribution in [-0.2, 0) is 0 Å². The summed E-state index contributed by atoms with van der Waals surface area (Å²) in [5.74, 6) is 3.76. The third-order valence-corrected chi connectivity index (χ3v) is 26.2. The van der Waals surface area contributed by atoms with Crippen LogP contribution in [0.5, 0.6) is 0 Å². The van der Waals surface area contributed by atoms with Gasteiger partial charge in [-0.2, -0.15) is 0 Å². The molecule has 0 atom stereocenters. The second-order valence-corrected chi connectivity index (χ2v) is 33.3. The normalized spacial score (nSPS) is 11.4. The van der Waals surface area contributed by atoms with Crippen LogP contribution in [-0.4, -0.2) is 39.0 Å². The minimum Gasteiger partial charge on any atom is -0.309 e. The Morgan fingerprint density at radius 3 is 0.865 bits per heavy atom. The largest absolute Gasteiger partial charge is 0.309 e. The Balaban J connectivity index is 0.000000151. The molecule has 0 bridgehead atoms. The molecule has 126 heavy (non-hydrogen) atoms. The predicted octanol–water partition coefficient (Wildman–Crippen LogP) is 31.9. The highest BCUT2D eigenvalue weighted by atomic mass is 32.1. The predicted molar refractivity (Wildman–Crippen MR) is 533 cm³/mol. The maximum atomic E-state index is 5.22. The van der Waals surface area contributed by atoms with Crippen LogP contribution in [0, 0.1) is 0 Å². The van der Waals surface area contributed by atoms with Crippen molar-refractivity contribution in [2.45, 2.75) is 14.9 Å². The quantitative estimate of drug-likeness (QED) is 0.108. The number of nitrogens with zero attached hydrogens (tertiary/aromatic N) is 8. The first-order valence-electron chi connectivity index (χ1n) is 41.7. The third-order valence-electron chi connectivity index (χ3n) is 23.8. The Bertz CT molecular complexity index is 8090. The summed E-state index contributed by atoms with van der Waals surface area (Å²) in [5.41, 5.74) is 26.0. The number of aromatic nitrogens is 8. The second kappa shape index (κ2) is 33.1. The van der Waals surface area contributed by atoms with Crippen LogP contribution >= 0.6 is 22.7 Å². The highest BCUT2D eigenvalue weighted by Gasteiger charge is 2.25. The molecule has 0 fully saturated rings. The zero-order valence-electron chi connectivity index (χ0n) is 67.0. The first kappa shape index (κ1) is 77.4. The highest BCUT2D eigenvalue weighted by molar-refractivity contribution is 7.26. The van der Waals surface area contributed by atoms with E-state index < -0.39 is 0 Å². The van der Waals surface area contributed by atoms with Crippen LogP contribution < -0.4 is 0 Å². The molecule has 6 heterocycles. The lowest BCUT2D eigenvalue weighted by Gasteiger charge is -2.16. The van der Waals surface area contributed by atoms with E-state index in [2.05, 4.69) is 373 Å². The number of hydrogen-bond acceptors (Lipinski definition) is 8. The average molecular weight is 1650 g/mol. The van der Waals surface area contributed by atoms with Crippen molar-refractivity contribution in [3.05, 3.63) is 437 Å². The van der Waals surface area contributed by atoms with Crippen molar-refractivity contribution in [1.82, 2.24) is 39.0 Å². The molecule has 596 valence electrons. The Kier molecular flexibility index (Phi) is 20.3. The number of benzene rings is 18. The molecule has 0 radical (unpaired) electrons. The maximum absolute atomic E-state index is 5.22. The van der Waals surface area contributed by atoms with Crippen LogP contribution in [0.3, 0.4) is 0 Å². The Morgan fingerprint density at radius 2 is 0.444 bits per heavy atom. The van der Waals surface area contributed by atoms with E-state index in [1.54, 1.807) is 0 Å². The zero-order chi connectivity index (χ0) is 82.0. The molecular weight excluding hydrogens is 1570 g/mol. The number of rotatable bonds is 14. The molecule has 10 heteroatoms. The molecule has 24 aromatic rings. The van der Waals surface area contributed by atoms with Gasteiger partial charge < -0.3 is 9.13 Å². The topological polar surface area (TPSA) is 87.2 Å². The van der Waals surface area contributed by atoms with Gasteiger partial charge >= 0.3 is 0 Å². The summed E-state index contributed by atoms with van der Waals surface area (Å²) in [4.78, 5) is 30.9. The molecule has 18 aromatic carbocycles. The molecule has 0 saturated carbocycles. The fraction of sp³-hybridized carbons (Fsp3) is 0.0172. The summed E-state index contributed by atoms with van der Waals surface area (Å²) < 4.78 is 10.1. The maximum Gasteiger partial charge on any atom is 0.164 e. The van der Waals surface area contributed by atoms with Gasteiger partial charge in [0.1, 0.15) is 0 Å². The Morgan fingerprint density at radius 1 is 0.159 bits per heavy atom. The minimum atomic E-state index is 0. The van der Waals surface area contributed by atoms with E-state index in [1.165, 1.54) is 89.7 Å². The van der Waals surface area contributed by atoms with E-state index in [0.29, 0.717) is 34.9 Å². The zero-order valence-corrected chi connectivity index (χ0v) is 68.6. The lowest BCUT2D eigenvalue weighted by molar-refractivity contribution is 1.07. The van der Waals surface area contributed by atoms with E-state index in [4.69, 9.17) is 29.9 Å². The smallest absolute Gasteiger partial charge is 0.164 e. The van der Waals surface area contributed by atoms with E-state index >= 15 is 0 Å². The van der Waals surface area contributed by atoms with Gasteiger partial charge in [-0.1, -0.05) is 373 Å². The van der Waals surface area contributed by atoms with Gasteiger partial charge in [-0.05, 0) is 146 Å². The minimum absolute atomic E-state index is 0.